The van der Waals surface area contributed by atoms with E-state index < -0.39 is 6.10 Å². The molecule has 0 saturated carbocycles. The van der Waals surface area contributed by atoms with E-state index in [4.69, 9.17) is 0 Å². The lowest BCUT2D eigenvalue weighted by atomic mass is 9.88. The van der Waals surface area contributed by atoms with Crippen molar-refractivity contribution in [1.82, 2.24) is 0 Å². The van der Waals surface area contributed by atoms with Crippen molar-refractivity contribution in [1.29, 1.82) is 0 Å². The number of rotatable bonds is 0. The summed E-state index contributed by atoms with van der Waals surface area (Å²) in [4.78, 5) is 14.0. The summed E-state index contributed by atoms with van der Waals surface area (Å²) in [6, 6.07) is 4.01. The molecular formula is C15H17NO2. The fraction of sp³-hybridized carbons (Fsp3) is 0.400. The first-order chi connectivity index (χ1) is 8.34. The molecule has 3 nitrogen and oxygen atoms in total. The van der Waals surface area contributed by atoms with Crippen LogP contribution in [0.15, 0.2) is 18.2 Å². The van der Waals surface area contributed by atoms with Gasteiger partial charge in [-0.3, -0.25) is 9.69 Å². The molecule has 0 spiro atoms. The second-order valence-electron chi connectivity index (χ2n) is 5.75. The van der Waals surface area contributed by atoms with E-state index >= 15 is 0 Å². The third-order valence-electron chi connectivity index (χ3n) is 3.96. The van der Waals surface area contributed by atoms with Crippen molar-refractivity contribution in [2.75, 3.05) is 4.90 Å². The minimum Gasteiger partial charge on any atom is -0.378 e. The Balaban J connectivity index is 2.40. The van der Waals surface area contributed by atoms with Crippen molar-refractivity contribution in [3.05, 3.63) is 34.9 Å². The number of aliphatic hydroxyl groups excluding tert-OH is 1. The zero-order chi connectivity index (χ0) is 13.2. The normalized spacial score (nSPS) is 24.1. The largest absolute Gasteiger partial charge is 0.378 e. The maximum Gasteiger partial charge on any atom is 0.261 e. The number of aryl methyl sites for hydroxylation is 1. The molecule has 3 heteroatoms. The first kappa shape index (κ1) is 11.5. The summed E-state index contributed by atoms with van der Waals surface area (Å²) in [6.07, 6.45) is 1.07. The van der Waals surface area contributed by atoms with Crippen molar-refractivity contribution < 1.29 is 9.90 Å². The number of aliphatic hydroxyl groups is 1. The molecule has 0 bridgehead atoms. The number of carbonyl (C=O) groups excluding carboxylic acids is 1. The fourth-order valence-corrected chi connectivity index (χ4v) is 3.21. The highest BCUT2D eigenvalue weighted by molar-refractivity contribution is 6.09. The van der Waals surface area contributed by atoms with Crippen LogP contribution in [0.3, 0.4) is 0 Å². The van der Waals surface area contributed by atoms with Crippen LogP contribution in [0.1, 0.15) is 43.6 Å². The van der Waals surface area contributed by atoms with Gasteiger partial charge in [-0.1, -0.05) is 18.2 Å². The van der Waals surface area contributed by atoms with Crippen molar-refractivity contribution in [2.45, 2.75) is 39.3 Å². The van der Waals surface area contributed by atoms with E-state index in [0.29, 0.717) is 0 Å². The standard InChI is InChI=1S/C15H17NO2/c1-8-5-6-10-9(2)7-15(3,4)16-12(10)11(8)13(17)14(16)18/h5-7,13,17H,1-4H3. The number of allylic oxidation sites excluding steroid dienone is 1. The van der Waals surface area contributed by atoms with Crippen molar-refractivity contribution in [3.63, 3.8) is 0 Å². The van der Waals surface area contributed by atoms with E-state index in [1.165, 1.54) is 0 Å². The molecule has 1 aromatic carbocycles. The quantitative estimate of drug-likeness (QED) is 0.760. The van der Waals surface area contributed by atoms with Crippen LogP contribution in [0.25, 0.3) is 5.57 Å². The first-order valence-corrected chi connectivity index (χ1v) is 6.20. The summed E-state index contributed by atoms with van der Waals surface area (Å²) >= 11 is 0. The summed E-state index contributed by atoms with van der Waals surface area (Å²) in [5, 5.41) is 10.2. The van der Waals surface area contributed by atoms with Crippen LogP contribution < -0.4 is 4.90 Å². The van der Waals surface area contributed by atoms with E-state index in [1.807, 2.05) is 32.9 Å². The van der Waals surface area contributed by atoms with Crippen LogP contribution in [0, 0.1) is 6.92 Å². The van der Waals surface area contributed by atoms with Crippen molar-refractivity contribution in [2.24, 2.45) is 0 Å². The average molecular weight is 243 g/mol. The number of hydrogen-bond donors (Lipinski definition) is 1. The van der Waals surface area contributed by atoms with E-state index in [9.17, 15) is 9.90 Å². The van der Waals surface area contributed by atoms with E-state index in [-0.39, 0.29) is 11.4 Å². The zero-order valence-electron chi connectivity index (χ0n) is 11.1. The van der Waals surface area contributed by atoms with Gasteiger partial charge >= 0.3 is 0 Å². The molecule has 0 aromatic heterocycles. The number of anilines is 1. The highest BCUT2D eigenvalue weighted by Gasteiger charge is 2.46. The summed E-state index contributed by atoms with van der Waals surface area (Å²) in [7, 11) is 0. The third kappa shape index (κ3) is 1.20. The monoisotopic (exact) mass is 243 g/mol. The summed E-state index contributed by atoms with van der Waals surface area (Å²) in [5.41, 5.74) is 4.49. The molecule has 2 aliphatic rings. The number of amides is 1. The second-order valence-corrected chi connectivity index (χ2v) is 5.75. The van der Waals surface area contributed by atoms with E-state index in [1.54, 1.807) is 4.90 Å². The Kier molecular flexibility index (Phi) is 2.06. The van der Waals surface area contributed by atoms with Gasteiger partial charge in [0.25, 0.3) is 5.91 Å². The van der Waals surface area contributed by atoms with Crippen molar-refractivity contribution >= 4 is 17.2 Å². The Morgan fingerprint density at radius 1 is 1.28 bits per heavy atom. The van der Waals surface area contributed by atoms with Crippen molar-refractivity contribution in [3.8, 4) is 0 Å². The molecule has 2 heterocycles. The van der Waals surface area contributed by atoms with Gasteiger partial charge in [0.15, 0.2) is 6.10 Å². The van der Waals surface area contributed by atoms with Crippen LogP contribution in [-0.2, 0) is 4.79 Å². The molecule has 0 radical (unpaired) electrons. The fourth-order valence-electron chi connectivity index (χ4n) is 3.21. The maximum atomic E-state index is 12.3. The van der Waals surface area contributed by atoms with Gasteiger partial charge in [-0.15, -0.1) is 0 Å². The predicted molar refractivity (Wildman–Crippen MR) is 71.4 cm³/mol. The average Bonchev–Trinajstić information content (AvgIpc) is 2.52. The van der Waals surface area contributed by atoms with Gasteiger partial charge < -0.3 is 5.11 Å². The third-order valence-corrected chi connectivity index (χ3v) is 3.96. The van der Waals surface area contributed by atoms with E-state index in [0.717, 1.165) is 28.0 Å². The molecule has 0 aliphatic carbocycles. The molecule has 1 aromatic rings. The predicted octanol–water partition coefficient (Wildman–Crippen LogP) is 2.57. The first-order valence-electron chi connectivity index (χ1n) is 6.20. The van der Waals surface area contributed by atoms with Gasteiger partial charge in [-0.25, -0.2) is 0 Å². The summed E-state index contributed by atoms with van der Waals surface area (Å²) < 4.78 is 0. The summed E-state index contributed by atoms with van der Waals surface area (Å²) in [5.74, 6) is -0.214. The van der Waals surface area contributed by atoms with Gasteiger partial charge in [-0.05, 0) is 38.8 Å². The van der Waals surface area contributed by atoms with Gasteiger partial charge in [-0.2, -0.15) is 0 Å². The molecule has 1 atom stereocenters. The van der Waals surface area contributed by atoms with Gasteiger partial charge in [0, 0.05) is 11.1 Å². The molecule has 3 rings (SSSR count). The number of hydrogen-bond acceptors (Lipinski definition) is 2. The Morgan fingerprint density at radius 2 is 1.94 bits per heavy atom. The van der Waals surface area contributed by atoms with Crippen LogP contribution in [-0.4, -0.2) is 16.6 Å². The Labute approximate surface area is 107 Å². The summed E-state index contributed by atoms with van der Waals surface area (Å²) in [6.45, 7) is 8.00. The van der Waals surface area contributed by atoms with E-state index in [2.05, 4.69) is 13.0 Å². The molecule has 1 amide bonds. The number of nitrogens with zero attached hydrogens (tertiary/aromatic N) is 1. The Bertz CT molecular complexity index is 599. The van der Waals surface area contributed by atoms with Gasteiger partial charge in [0.1, 0.15) is 0 Å². The Morgan fingerprint density at radius 3 is 2.61 bits per heavy atom. The minimum atomic E-state index is -1.02. The second kappa shape index (κ2) is 3.23. The topological polar surface area (TPSA) is 40.5 Å². The van der Waals surface area contributed by atoms with Gasteiger partial charge in [0.05, 0.1) is 11.2 Å². The molecule has 94 valence electrons. The molecule has 0 saturated heterocycles. The molecule has 18 heavy (non-hydrogen) atoms. The van der Waals surface area contributed by atoms with Crippen LogP contribution >= 0.6 is 0 Å². The zero-order valence-corrected chi connectivity index (χ0v) is 11.1. The van der Waals surface area contributed by atoms with Gasteiger partial charge in [0.2, 0.25) is 0 Å². The lowest BCUT2D eigenvalue weighted by Crippen LogP contribution is -2.47. The lowest BCUT2D eigenvalue weighted by molar-refractivity contribution is -0.126. The highest BCUT2D eigenvalue weighted by atomic mass is 16.3. The SMILES string of the molecule is CC1=CC(C)(C)N2C(=O)C(O)c3c(C)ccc1c32. The number of carbonyl (C=O) groups is 1. The molecule has 2 aliphatic heterocycles. The maximum absolute atomic E-state index is 12.3. The smallest absolute Gasteiger partial charge is 0.261 e. The molecular weight excluding hydrogens is 226 g/mol. The highest BCUT2D eigenvalue weighted by Crippen LogP contribution is 2.49. The van der Waals surface area contributed by atoms with Crippen LogP contribution in [0.4, 0.5) is 5.69 Å². The molecule has 1 unspecified atom stereocenters. The van der Waals surface area contributed by atoms with Crippen LogP contribution in [0.5, 0.6) is 0 Å². The number of benzene rings is 1. The van der Waals surface area contributed by atoms with Crippen LogP contribution in [0.2, 0.25) is 0 Å². The lowest BCUT2D eigenvalue weighted by Gasteiger charge is -2.38. The minimum absolute atomic E-state index is 0.214. The Hall–Kier alpha value is -1.61. The molecule has 0 fully saturated rings. The molecule has 1 N–H and O–H groups in total.